The second-order valence-electron chi connectivity index (χ2n) is 9.58. The number of ether oxygens (including phenoxy) is 2. The van der Waals surface area contributed by atoms with Gasteiger partial charge in [-0.05, 0) is 59.4 Å². The molecule has 5 nitrogen and oxygen atoms in total. The highest BCUT2D eigenvalue weighted by molar-refractivity contribution is 5.87. The van der Waals surface area contributed by atoms with Gasteiger partial charge in [-0.1, -0.05) is 52.0 Å². The summed E-state index contributed by atoms with van der Waals surface area (Å²) in [5.74, 6) is -1.93. The van der Waals surface area contributed by atoms with Crippen LogP contribution in [-0.4, -0.2) is 24.3 Å². The number of benzene rings is 2. The summed E-state index contributed by atoms with van der Waals surface area (Å²) in [6, 6.07) is 13.5. The average Bonchev–Trinajstić information content (AvgIpc) is 2.72. The molecule has 1 aliphatic carbocycles. The number of rotatable bonds is 3. The lowest BCUT2D eigenvalue weighted by Crippen LogP contribution is -2.40. The molecule has 0 spiro atoms. The van der Waals surface area contributed by atoms with Gasteiger partial charge in [-0.15, -0.1) is 0 Å². The predicted octanol–water partition coefficient (Wildman–Crippen LogP) is 5.53. The quantitative estimate of drug-likeness (QED) is 0.692. The lowest BCUT2D eigenvalue weighted by Gasteiger charge is -2.44. The lowest BCUT2D eigenvalue weighted by molar-refractivity contribution is -0.249. The van der Waals surface area contributed by atoms with E-state index in [9.17, 15) is 9.90 Å². The van der Waals surface area contributed by atoms with E-state index >= 15 is 0 Å². The van der Waals surface area contributed by atoms with Gasteiger partial charge in [0.15, 0.2) is 0 Å². The van der Waals surface area contributed by atoms with Crippen LogP contribution in [0.15, 0.2) is 42.5 Å². The van der Waals surface area contributed by atoms with Crippen molar-refractivity contribution < 1.29 is 19.4 Å². The van der Waals surface area contributed by atoms with E-state index in [-0.39, 0.29) is 22.5 Å². The molecule has 2 aromatic rings. The summed E-state index contributed by atoms with van der Waals surface area (Å²) in [5, 5.41) is 9.24. The minimum atomic E-state index is -0.998. The Morgan fingerprint density at radius 1 is 0.833 bits per heavy atom. The molecule has 1 heterocycles. The van der Waals surface area contributed by atoms with E-state index in [1.807, 2.05) is 12.1 Å². The van der Waals surface area contributed by atoms with Crippen LogP contribution >= 0.6 is 0 Å². The molecule has 2 aliphatic rings. The van der Waals surface area contributed by atoms with Crippen LogP contribution in [0.4, 0.5) is 0 Å². The van der Waals surface area contributed by atoms with E-state index in [1.54, 1.807) is 12.1 Å². The lowest BCUT2D eigenvalue weighted by atomic mass is 9.62. The van der Waals surface area contributed by atoms with Crippen molar-refractivity contribution in [2.75, 3.05) is 13.2 Å². The van der Waals surface area contributed by atoms with Crippen molar-refractivity contribution in [3.05, 3.63) is 70.3 Å². The van der Waals surface area contributed by atoms with Crippen LogP contribution in [0.1, 0.15) is 79.6 Å². The molecule has 0 bridgehead atoms. The maximum Gasteiger partial charge on any atom is 0.335 e. The summed E-state index contributed by atoms with van der Waals surface area (Å²) in [6.07, 6.45) is 3.15. The summed E-state index contributed by atoms with van der Waals surface area (Å²) >= 11 is 0. The molecule has 30 heavy (non-hydrogen) atoms. The van der Waals surface area contributed by atoms with Gasteiger partial charge >= 0.3 is 5.97 Å². The molecular formula is C25H33NO4. The first-order chi connectivity index (χ1) is 13.7. The topological polar surface area (TPSA) is 90.8 Å². The Balaban J connectivity index is 0.00000256. The molecule has 0 unspecified atom stereocenters. The second kappa shape index (κ2) is 7.80. The zero-order valence-corrected chi connectivity index (χ0v) is 18.5. The zero-order chi connectivity index (χ0) is 20.9. The molecule has 0 amide bonds. The SMILES string of the molecule is CC1(C)CCC(C)(C)c2cc(C3(c4ccc(C(=O)O)cc4)OCCCO3)ccc21.N. The van der Waals surface area contributed by atoms with Gasteiger partial charge in [0, 0.05) is 11.1 Å². The first-order valence-corrected chi connectivity index (χ1v) is 10.4. The Morgan fingerprint density at radius 2 is 1.37 bits per heavy atom. The van der Waals surface area contributed by atoms with Gasteiger partial charge < -0.3 is 20.7 Å². The van der Waals surface area contributed by atoms with Crippen molar-refractivity contribution in [2.24, 2.45) is 0 Å². The fraction of sp³-hybridized carbons (Fsp3) is 0.480. The van der Waals surface area contributed by atoms with Gasteiger partial charge in [0.25, 0.3) is 0 Å². The molecule has 0 atom stereocenters. The van der Waals surface area contributed by atoms with Gasteiger partial charge in [0.05, 0.1) is 18.8 Å². The van der Waals surface area contributed by atoms with Gasteiger partial charge in [0.2, 0.25) is 5.79 Å². The van der Waals surface area contributed by atoms with Crippen molar-refractivity contribution in [2.45, 2.75) is 63.6 Å². The van der Waals surface area contributed by atoms with Crippen LogP contribution in [0.25, 0.3) is 0 Å². The number of carboxylic acids is 1. The standard InChI is InChI=1S/C25H30O4.H3N/c1-23(2)12-13-24(3,4)21-16-19(10-11-20(21)23)25(28-14-5-15-29-25)18-8-6-17(7-9-18)22(26)27;/h6-11,16H,5,12-15H2,1-4H3,(H,26,27);1H3. The van der Waals surface area contributed by atoms with Gasteiger partial charge in [0.1, 0.15) is 0 Å². The third-order valence-electron chi connectivity index (χ3n) is 6.64. The molecule has 0 aromatic heterocycles. The number of hydrogen-bond acceptors (Lipinski definition) is 4. The number of carbonyl (C=O) groups is 1. The Hall–Kier alpha value is -2.21. The molecule has 2 aromatic carbocycles. The monoisotopic (exact) mass is 411 g/mol. The van der Waals surface area contributed by atoms with Crippen molar-refractivity contribution in [3.63, 3.8) is 0 Å². The third kappa shape index (κ3) is 3.66. The van der Waals surface area contributed by atoms with E-state index in [0.717, 1.165) is 24.0 Å². The van der Waals surface area contributed by atoms with Crippen LogP contribution in [0.5, 0.6) is 0 Å². The van der Waals surface area contributed by atoms with Gasteiger partial charge in [-0.25, -0.2) is 4.79 Å². The van der Waals surface area contributed by atoms with E-state index < -0.39 is 11.8 Å². The number of aromatic carboxylic acids is 1. The maximum absolute atomic E-state index is 11.3. The number of carboxylic acid groups (broad SMARTS) is 1. The van der Waals surface area contributed by atoms with Gasteiger partial charge in [-0.2, -0.15) is 0 Å². The van der Waals surface area contributed by atoms with Crippen LogP contribution in [0.2, 0.25) is 0 Å². The molecule has 0 saturated carbocycles. The molecule has 1 fully saturated rings. The Morgan fingerprint density at radius 3 is 1.93 bits per heavy atom. The van der Waals surface area contributed by atoms with Crippen LogP contribution in [-0.2, 0) is 26.1 Å². The predicted molar refractivity (Wildman–Crippen MR) is 117 cm³/mol. The van der Waals surface area contributed by atoms with Crippen LogP contribution in [0, 0.1) is 0 Å². The van der Waals surface area contributed by atoms with Crippen molar-refractivity contribution in [1.82, 2.24) is 6.15 Å². The fourth-order valence-corrected chi connectivity index (χ4v) is 4.66. The van der Waals surface area contributed by atoms with Gasteiger partial charge in [-0.3, -0.25) is 0 Å². The highest BCUT2D eigenvalue weighted by atomic mass is 16.7. The summed E-state index contributed by atoms with van der Waals surface area (Å²) in [4.78, 5) is 11.3. The highest BCUT2D eigenvalue weighted by Gasteiger charge is 2.42. The van der Waals surface area contributed by atoms with E-state index in [4.69, 9.17) is 9.47 Å². The first kappa shape index (κ1) is 22.5. The first-order valence-electron chi connectivity index (χ1n) is 10.4. The summed E-state index contributed by atoms with van der Waals surface area (Å²) < 4.78 is 12.6. The Kier molecular flexibility index (Phi) is 5.84. The molecule has 4 N–H and O–H groups in total. The smallest absolute Gasteiger partial charge is 0.335 e. The van der Waals surface area contributed by atoms with Crippen molar-refractivity contribution >= 4 is 5.97 Å². The van der Waals surface area contributed by atoms with Crippen LogP contribution < -0.4 is 6.15 Å². The Bertz CT molecular complexity index is 925. The van der Waals surface area contributed by atoms with E-state index in [0.29, 0.717) is 13.2 Å². The Labute approximate surface area is 179 Å². The average molecular weight is 412 g/mol. The normalized spacial score (nSPS) is 21.2. The fourth-order valence-electron chi connectivity index (χ4n) is 4.66. The minimum absolute atomic E-state index is 0. The van der Waals surface area contributed by atoms with E-state index in [2.05, 4.69) is 45.9 Å². The van der Waals surface area contributed by atoms with Crippen LogP contribution in [0.3, 0.4) is 0 Å². The molecular weight excluding hydrogens is 378 g/mol. The maximum atomic E-state index is 11.3. The number of fused-ring (bicyclic) bond motifs is 1. The van der Waals surface area contributed by atoms with Crippen molar-refractivity contribution in [1.29, 1.82) is 0 Å². The molecule has 1 saturated heterocycles. The molecule has 5 heteroatoms. The molecule has 4 rings (SSSR count). The second-order valence-corrected chi connectivity index (χ2v) is 9.58. The molecule has 162 valence electrons. The summed E-state index contributed by atoms with van der Waals surface area (Å²) in [5.41, 5.74) is 5.04. The highest BCUT2D eigenvalue weighted by Crippen LogP contribution is 2.48. The van der Waals surface area contributed by atoms with Crippen molar-refractivity contribution in [3.8, 4) is 0 Å². The third-order valence-corrected chi connectivity index (χ3v) is 6.64. The minimum Gasteiger partial charge on any atom is -0.478 e. The number of hydrogen-bond donors (Lipinski definition) is 2. The largest absolute Gasteiger partial charge is 0.478 e. The summed E-state index contributed by atoms with van der Waals surface area (Å²) in [6.45, 7) is 10.5. The zero-order valence-electron chi connectivity index (χ0n) is 18.5. The van der Waals surface area contributed by atoms with E-state index in [1.165, 1.54) is 17.5 Å². The summed E-state index contributed by atoms with van der Waals surface area (Å²) in [7, 11) is 0. The molecule has 1 aliphatic heterocycles. The molecule has 0 radical (unpaired) electrons.